The fraction of sp³-hybridized carbons (Fsp3) is 0.333. The lowest BCUT2D eigenvalue weighted by atomic mass is 9.99. The summed E-state index contributed by atoms with van der Waals surface area (Å²) in [4.78, 5) is 11.9. The van der Waals surface area contributed by atoms with Gasteiger partial charge in [0, 0.05) is 6.61 Å². The lowest BCUT2D eigenvalue weighted by Gasteiger charge is -2.20. The minimum atomic E-state index is -1.11. The Balaban J connectivity index is 2.15. The van der Waals surface area contributed by atoms with Gasteiger partial charge in [0.1, 0.15) is 11.4 Å². The monoisotopic (exact) mass is 249 g/mol. The Morgan fingerprint density at radius 1 is 1.61 bits per heavy atom. The maximum atomic E-state index is 13.6. The Morgan fingerprint density at radius 2 is 2.39 bits per heavy atom. The molecule has 18 heavy (non-hydrogen) atoms. The predicted octanol–water partition coefficient (Wildman–Crippen LogP) is 0.754. The molecule has 1 unspecified atom stereocenters. The average molecular weight is 249 g/mol. The third-order valence-electron chi connectivity index (χ3n) is 2.85. The van der Waals surface area contributed by atoms with Crippen molar-refractivity contribution in [1.29, 1.82) is 5.26 Å². The number of hydrogen-bond donors (Lipinski definition) is 2. The van der Waals surface area contributed by atoms with Gasteiger partial charge in [0.25, 0.3) is 0 Å². The quantitative estimate of drug-likeness (QED) is 0.809. The fourth-order valence-corrected chi connectivity index (χ4v) is 1.69. The summed E-state index contributed by atoms with van der Waals surface area (Å²) >= 11 is 0. The molecule has 3 N–H and O–H groups in total. The number of halogens is 1. The largest absolute Gasteiger partial charge is 0.379 e. The van der Waals surface area contributed by atoms with E-state index in [4.69, 9.17) is 15.7 Å². The van der Waals surface area contributed by atoms with Gasteiger partial charge in [-0.1, -0.05) is 0 Å². The van der Waals surface area contributed by atoms with Gasteiger partial charge in [-0.15, -0.1) is 0 Å². The Morgan fingerprint density at radius 3 is 2.94 bits per heavy atom. The molecule has 0 saturated carbocycles. The number of nitrogens with zero attached hydrogens (tertiary/aromatic N) is 1. The molecule has 94 valence electrons. The second kappa shape index (κ2) is 4.72. The smallest absolute Gasteiger partial charge is 0.247 e. The van der Waals surface area contributed by atoms with Gasteiger partial charge in [-0.05, 0) is 24.6 Å². The van der Waals surface area contributed by atoms with Crippen molar-refractivity contribution in [2.45, 2.75) is 12.0 Å². The highest BCUT2D eigenvalue weighted by molar-refractivity contribution is 5.98. The predicted molar refractivity (Wildman–Crippen MR) is 62.1 cm³/mol. The van der Waals surface area contributed by atoms with Crippen molar-refractivity contribution in [3.8, 4) is 6.07 Å². The molecule has 1 heterocycles. The van der Waals surface area contributed by atoms with Gasteiger partial charge < -0.3 is 15.8 Å². The highest BCUT2D eigenvalue weighted by Gasteiger charge is 2.38. The van der Waals surface area contributed by atoms with Crippen LogP contribution < -0.4 is 11.1 Å². The summed E-state index contributed by atoms with van der Waals surface area (Å²) in [6, 6.07) is 5.63. The summed E-state index contributed by atoms with van der Waals surface area (Å²) in [7, 11) is 0. The minimum Gasteiger partial charge on any atom is -0.379 e. The molecule has 0 bridgehead atoms. The molecule has 0 aromatic heterocycles. The number of nitrogens with two attached hydrogens (primary N) is 1. The molecule has 1 amide bonds. The standard InChI is InChI=1S/C12H12FN3O2/c13-9-5-8(6-14)1-2-10(9)16-11(17)12(15)3-4-18-7-12/h1-2,5H,3-4,7,15H2,(H,16,17). The van der Waals surface area contributed by atoms with Crippen LogP contribution in [-0.2, 0) is 9.53 Å². The zero-order chi connectivity index (χ0) is 13.2. The van der Waals surface area contributed by atoms with E-state index >= 15 is 0 Å². The molecule has 1 aromatic rings. The van der Waals surface area contributed by atoms with Crippen LogP contribution in [0.1, 0.15) is 12.0 Å². The van der Waals surface area contributed by atoms with Crippen LogP contribution in [0.25, 0.3) is 0 Å². The van der Waals surface area contributed by atoms with Crippen LogP contribution >= 0.6 is 0 Å². The van der Waals surface area contributed by atoms with Crippen LogP contribution in [0, 0.1) is 17.1 Å². The van der Waals surface area contributed by atoms with Crippen molar-refractivity contribution in [3.05, 3.63) is 29.6 Å². The number of rotatable bonds is 2. The van der Waals surface area contributed by atoms with E-state index in [2.05, 4.69) is 5.32 Å². The van der Waals surface area contributed by atoms with Crippen LogP contribution in [0.15, 0.2) is 18.2 Å². The van der Waals surface area contributed by atoms with Gasteiger partial charge in [0.2, 0.25) is 5.91 Å². The van der Waals surface area contributed by atoms with E-state index in [1.165, 1.54) is 12.1 Å². The van der Waals surface area contributed by atoms with Crippen LogP contribution in [0.3, 0.4) is 0 Å². The van der Waals surface area contributed by atoms with Crippen molar-refractivity contribution in [2.75, 3.05) is 18.5 Å². The summed E-state index contributed by atoms with van der Waals surface area (Å²) in [5.74, 6) is -1.14. The molecule has 0 aliphatic carbocycles. The molecule has 1 saturated heterocycles. The Hall–Kier alpha value is -1.97. The zero-order valence-corrected chi connectivity index (χ0v) is 9.57. The number of nitrogens with one attached hydrogen (secondary N) is 1. The summed E-state index contributed by atoms with van der Waals surface area (Å²) < 4.78 is 18.6. The molecule has 1 fully saturated rings. The highest BCUT2D eigenvalue weighted by atomic mass is 19.1. The van der Waals surface area contributed by atoms with Crippen molar-refractivity contribution >= 4 is 11.6 Å². The van der Waals surface area contributed by atoms with Gasteiger partial charge in [0.05, 0.1) is 23.9 Å². The second-order valence-corrected chi connectivity index (χ2v) is 4.22. The topological polar surface area (TPSA) is 88.1 Å². The molecule has 1 aromatic carbocycles. The van der Waals surface area contributed by atoms with Crippen LogP contribution in [0.5, 0.6) is 0 Å². The number of benzene rings is 1. The lowest BCUT2D eigenvalue weighted by molar-refractivity contribution is -0.121. The Bertz CT molecular complexity index is 519. The lowest BCUT2D eigenvalue weighted by Crippen LogP contribution is -2.51. The molecule has 2 rings (SSSR count). The van der Waals surface area contributed by atoms with Gasteiger partial charge in [0.15, 0.2) is 0 Å². The van der Waals surface area contributed by atoms with E-state index in [-0.39, 0.29) is 17.9 Å². The van der Waals surface area contributed by atoms with Gasteiger partial charge in [-0.25, -0.2) is 4.39 Å². The van der Waals surface area contributed by atoms with Crippen molar-refractivity contribution in [2.24, 2.45) is 5.73 Å². The Kier molecular flexibility index (Phi) is 3.28. The van der Waals surface area contributed by atoms with Gasteiger partial charge in [-0.3, -0.25) is 4.79 Å². The molecule has 1 aliphatic heterocycles. The first-order valence-corrected chi connectivity index (χ1v) is 5.43. The van der Waals surface area contributed by atoms with E-state index in [1.807, 2.05) is 6.07 Å². The molecular weight excluding hydrogens is 237 g/mol. The number of amides is 1. The van der Waals surface area contributed by atoms with Gasteiger partial charge >= 0.3 is 0 Å². The number of carbonyl (C=O) groups is 1. The SMILES string of the molecule is N#Cc1ccc(NC(=O)C2(N)CCOC2)c(F)c1. The average Bonchev–Trinajstić information content (AvgIpc) is 2.80. The summed E-state index contributed by atoms with van der Waals surface area (Å²) in [6.45, 7) is 0.538. The fourth-order valence-electron chi connectivity index (χ4n) is 1.69. The first-order chi connectivity index (χ1) is 8.55. The molecule has 0 radical (unpaired) electrons. The number of ether oxygens (including phenoxy) is 1. The third-order valence-corrected chi connectivity index (χ3v) is 2.85. The van der Waals surface area contributed by atoms with Crippen LogP contribution in [-0.4, -0.2) is 24.7 Å². The van der Waals surface area contributed by atoms with Crippen LogP contribution in [0.4, 0.5) is 10.1 Å². The number of carbonyl (C=O) groups excluding carboxylic acids is 1. The summed E-state index contributed by atoms with van der Waals surface area (Å²) in [5.41, 5.74) is 4.94. The second-order valence-electron chi connectivity index (χ2n) is 4.22. The zero-order valence-electron chi connectivity index (χ0n) is 9.57. The maximum Gasteiger partial charge on any atom is 0.247 e. The van der Waals surface area contributed by atoms with Crippen LogP contribution in [0.2, 0.25) is 0 Å². The molecular formula is C12H12FN3O2. The normalized spacial score (nSPS) is 22.5. The first-order valence-electron chi connectivity index (χ1n) is 5.43. The van der Waals surface area contributed by atoms with Crippen molar-refractivity contribution in [3.63, 3.8) is 0 Å². The minimum absolute atomic E-state index is 0.00993. The molecule has 1 atom stereocenters. The molecule has 6 heteroatoms. The summed E-state index contributed by atoms with van der Waals surface area (Å²) in [6.07, 6.45) is 0.400. The molecule has 5 nitrogen and oxygen atoms in total. The molecule has 0 spiro atoms. The number of anilines is 1. The van der Waals surface area contributed by atoms with Gasteiger partial charge in [-0.2, -0.15) is 5.26 Å². The third kappa shape index (κ3) is 2.32. The number of hydrogen-bond acceptors (Lipinski definition) is 4. The van der Waals surface area contributed by atoms with E-state index in [0.717, 1.165) is 6.07 Å². The van der Waals surface area contributed by atoms with Crippen molar-refractivity contribution in [1.82, 2.24) is 0 Å². The van der Waals surface area contributed by atoms with Crippen molar-refractivity contribution < 1.29 is 13.9 Å². The highest BCUT2D eigenvalue weighted by Crippen LogP contribution is 2.20. The molecule has 1 aliphatic rings. The number of nitriles is 1. The van der Waals surface area contributed by atoms with E-state index in [0.29, 0.717) is 13.0 Å². The van der Waals surface area contributed by atoms with E-state index in [1.54, 1.807) is 0 Å². The van der Waals surface area contributed by atoms with E-state index in [9.17, 15) is 9.18 Å². The Labute approximate surface area is 103 Å². The maximum absolute atomic E-state index is 13.6. The summed E-state index contributed by atoms with van der Waals surface area (Å²) in [5, 5.41) is 11.0. The van der Waals surface area contributed by atoms with E-state index < -0.39 is 17.3 Å². The first kappa shape index (κ1) is 12.5.